The molecule has 0 heterocycles. The van der Waals surface area contributed by atoms with Crippen molar-refractivity contribution in [2.24, 2.45) is 5.41 Å². The molecule has 0 atom stereocenters. The maximum Gasteiger partial charge on any atom is 0.257 e. The number of ether oxygens (including phenoxy) is 1. The summed E-state index contributed by atoms with van der Waals surface area (Å²) in [6.45, 7) is 0.845. The molecule has 0 unspecified atom stereocenters. The van der Waals surface area contributed by atoms with Gasteiger partial charge in [-0.2, -0.15) is 0 Å². The Morgan fingerprint density at radius 2 is 2.05 bits per heavy atom. The molecule has 0 bridgehead atoms. The zero-order chi connectivity index (χ0) is 13.7. The van der Waals surface area contributed by atoms with E-state index in [9.17, 15) is 4.79 Å². The molecule has 1 saturated carbocycles. The van der Waals surface area contributed by atoms with E-state index in [4.69, 9.17) is 9.84 Å². The van der Waals surface area contributed by atoms with Crippen molar-refractivity contribution in [1.82, 2.24) is 5.32 Å². The molecule has 2 rings (SSSR count). The lowest BCUT2D eigenvalue weighted by atomic mass is 10.0. The number of hydrogen-bond donors (Lipinski definition) is 2. The van der Waals surface area contributed by atoms with Crippen LogP contribution in [0.1, 0.15) is 19.3 Å². The topological polar surface area (TPSA) is 58.6 Å². The van der Waals surface area contributed by atoms with Gasteiger partial charge < -0.3 is 15.2 Å². The van der Waals surface area contributed by atoms with Gasteiger partial charge in [0.1, 0.15) is 5.75 Å². The smallest absolute Gasteiger partial charge is 0.257 e. The second-order valence-electron chi connectivity index (χ2n) is 4.99. The van der Waals surface area contributed by atoms with Crippen molar-refractivity contribution in [2.75, 3.05) is 19.8 Å². The van der Waals surface area contributed by atoms with Crippen LogP contribution in [0.3, 0.4) is 0 Å². The normalized spacial score (nSPS) is 15.9. The minimum absolute atomic E-state index is 0.0246. The summed E-state index contributed by atoms with van der Waals surface area (Å²) >= 11 is 3.34. The predicted octanol–water partition coefficient (Wildman–Crippen LogP) is 2.11. The van der Waals surface area contributed by atoms with Crippen LogP contribution >= 0.6 is 15.9 Å². The van der Waals surface area contributed by atoms with Crippen LogP contribution < -0.4 is 10.1 Å². The average molecular weight is 328 g/mol. The van der Waals surface area contributed by atoms with Crippen molar-refractivity contribution in [2.45, 2.75) is 19.3 Å². The number of nitrogens with one attached hydrogen (secondary N) is 1. The van der Waals surface area contributed by atoms with Crippen molar-refractivity contribution in [3.8, 4) is 5.75 Å². The monoisotopic (exact) mass is 327 g/mol. The molecule has 0 aromatic heterocycles. The van der Waals surface area contributed by atoms with Gasteiger partial charge in [0.05, 0.1) is 0 Å². The summed E-state index contributed by atoms with van der Waals surface area (Å²) in [6.07, 6.45) is 2.93. The van der Waals surface area contributed by atoms with Crippen LogP contribution in [-0.4, -0.2) is 30.8 Å². The Bertz CT molecular complexity index is 429. The highest BCUT2D eigenvalue weighted by Crippen LogP contribution is 2.47. The predicted molar refractivity (Wildman–Crippen MR) is 76.0 cm³/mol. The molecule has 1 aromatic rings. The number of halogens is 1. The van der Waals surface area contributed by atoms with Crippen LogP contribution in [0.2, 0.25) is 0 Å². The fraction of sp³-hybridized carbons (Fsp3) is 0.500. The zero-order valence-electron chi connectivity index (χ0n) is 10.7. The Hall–Kier alpha value is -1.07. The van der Waals surface area contributed by atoms with Gasteiger partial charge in [0.25, 0.3) is 5.91 Å². The number of amides is 1. The Morgan fingerprint density at radius 1 is 1.37 bits per heavy atom. The Kier molecular flexibility index (Phi) is 4.82. The molecule has 1 aliphatic rings. The highest BCUT2D eigenvalue weighted by molar-refractivity contribution is 9.10. The number of carbonyl (C=O) groups excluding carboxylic acids is 1. The van der Waals surface area contributed by atoms with Gasteiger partial charge in [0, 0.05) is 17.6 Å². The number of carbonyl (C=O) groups is 1. The Labute approximate surface area is 121 Å². The molecule has 0 aliphatic heterocycles. The van der Waals surface area contributed by atoms with Gasteiger partial charge in [-0.15, -0.1) is 0 Å². The van der Waals surface area contributed by atoms with Gasteiger partial charge >= 0.3 is 0 Å². The first-order valence-electron chi connectivity index (χ1n) is 6.39. The van der Waals surface area contributed by atoms with Gasteiger partial charge in [-0.3, -0.25) is 4.79 Å². The third-order valence-corrected chi connectivity index (χ3v) is 3.97. The molecule has 1 fully saturated rings. The lowest BCUT2D eigenvalue weighted by molar-refractivity contribution is -0.123. The van der Waals surface area contributed by atoms with Crippen LogP contribution in [0.15, 0.2) is 28.7 Å². The van der Waals surface area contributed by atoms with Gasteiger partial charge in [0.15, 0.2) is 6.61 Å². The summed E-state index contributed by atoms with van der Waals surface area (Å²) in [5.41, 5.74) is 0.141. The van der Waals surface area contributed by atoms with Gasteiger partial charge in [-0.1, -0.05) is 15.9 Å². The molecule has 1 amide bonds. The van der Waals surface area contributed by atoms with E-state index in [0.717, 1.165) is 23.7 Å². The van der Waals surface area contributed by atoms with E-state index >= 15 is 0 Å². The van der Waals surface area contributed by atoms with Crippen molar-refractivity contribution < 1.29 is 14.6 Å². The third kappa shape index (κ3) is 4.51. The number of hydrogen-bond acceptors (Lipinski definition) is 3. The molecule has 1 aliphatic carbocycles. The number of rotatable bonds is 7. The van der Waals surface area contributed by atoms with Gasteiger partial charge in [-0.05, 0) is 48.9 Å². The molecule has 104 valence electrons. The standard InChI is InChI=1S/C14H18BrNO3/c15-11-1-3-12(4-2-11)19-9-13(18)16-10-14(5-6-14)7-8-17/h1-4,17H,5-10H2,(H,16,18). The van der Waals surface area contributed by atoms with E-state index in [1.165, 1.54) is 0 Å². The van der Waals surface area contributed by atoms with Crippen molar-refractivity contribution in [3.05, 3.63) is 28.7 Å². The molecule has 1 aromatic carbocycles. The van der Waals surface area contributed by atoms with Crippen molar-refractivity contribution in [3.63, 3.8) is 0 Å². The first kappa shape index (κ1) is 14.3. The molecular formula is C14H18BrNO3. The first-order chi connectivity index (χ1) is 9.13. The lowest BCUT2D eigenvalue weighted by Crippen LogP contribution is -2.34. The average Bonchev–Trinajstić information content (AvgIpc) is 3.17. The van der Waals surface area contributed by atoms with Crippen LogP contribution in [0, 0.1) is 5.41 Å². The molecule has 0 radical (unpaired) electrons. The maximum absolute atomic E-state index is 11.7. The fourth-order valence-electron chi connectivity index (χ4n) is 1.95. The van der Waals surface area contributed by atoms with Crippen LogP contribution in [-0.2, 0) is 4.79 Å². The molecule has 0 spiro atoms. The maximum atomic E-state index is 11.7. The van der Waals surface area contributed by atoms with Crippen LogP contribution in [0.25, 0.3) is 0 Å². The summed E-state index contributed by atoms with van der Waals surface area (Å²) in [6, 6.07) is 7.36. The van der Waals surface area contributed by atoms with E-state index in [2.05, 4.69) is 21.2 Å². The van der Waals surface area contributed by atoms with E-state index in [0.29, 0.717) is 12.3 Å². The Morgan fingerprint density at radius 3 is 2.63 bits per heavy atom. The zero-order valence-corrected chi connectivity index (χ0v) is 12.3. The minimum Gasteiger partial charge on any atom is -0.484 e. The summed E-state index contributed by atoms with van der Waals surface area (Å²) < 4.78 is 6.36. The Balaban J connectivity index is 1.69. The second-order valence-corrected chi connectivity index (χ2v) is 5.91. The number of benzene rings is 1. The molecule has 0 saturated heterocycles. The molecule has 5 heteroatoms. The SMILES string of the molecule is O=C(COc1ccc(Br)cc1)NCC1(CCO)CC1. The van der Waals surface area contributed by atoms with Gasteiger partial charge in [-0.25, -0.2) is 0 Å². The highest BCUT2D eigenvalue weighted by atomic mass is 79.9. The van der Waals surface area contributed by atoms with E-state index in [-0.39, 0.29) is 24.5 Å². The largest absolute Gasteiger partial charge is 0.484 e. The quantitative estimate of drug-likeness (QED) is 0.806. The fourth-order valence-corrected chi connectivity index (χ4v) is 2.21. The molecule has 2 N–H and O–H groups in total. The second kappa shape index (κ2) is 6.39. The summed E-state index contributed by atoms with van der Waals surface area (Å²) in [7, 11) is 0. The van der Waals surface area contributed by atoms with E-state index in [1.807, 2.05) is 24.3 Å². The summed E-state index contributed by atoms with van der Waals surface area (Å²) in [4.78, 5) is 11.7. The molecular weight excluding hydrogens is 310 g/mol. The first-order valence-corrected chi connectivity index (χ1v) is 7.19. The van der Waals surface area contributed by atoms with Crippen LogP contribution in [0.4, 0.5) is 0 Å². The highest BCUT2D eigenvalue weighted by Gasteiger charge is 2.41. The molecule has 19 heavy (non-hydrogen) atoms. The van der Waals surface area contributed by atoms with E-state index < -0.39 is 0 Å². The molecule has 4 nitrogen and oxygen atoms in total. The summed E-state index contributed by atoms with van der Waals surface area (Å²) in [5, 5.41) is 11.8. The third-order valence-electron chi connectivity index (χ3n) is 3.44. The minimum atomic E-state index is -0.118. The van der Waals surface area contributed by atoms with Crippen molar-refractivity contribution in [1.29, 1.82) is 0 Å². The van der Waals surface area contributed by atoms with E-state index in [1.54, 1.807) is 0 Å². The summed E-state index contributed by atoms with van der Waals surface area (Å²) in [5.74, 6) is 0.557. The van der Waals surface area contributed by atoms with Crippen molar-refractivity contribution >= 4 is 21.8 Å². The number of aliphatic hydroxyl groups is 1. The number of aliphatic hydroxyl groups excluding tert-OH is 1. The van der Waals surface area contributed by atoms with Crippen LogP contribution in [0.5, 0.6) is 5.75 Å². The van der Waals surface area contributed by atoms with Gasteiger partial charge in [0.2, 0.25) is 0 Å². The lowest BCUT2D eigenvalue weighted by Gasteiger charge is -2.14.